The highest BCUT2D eigenvalue weighted by Crippen LogP contribution is 2.40. The van der Waals surface area contributed by atoms with Gasteiger partial charge in [-0.3, -0.25) is 0 Å². The Morgan fingerprint density at radius 2 is 1.78 bits per heavy atom. The maximum atomic E-state index is 6.00. The highest BCUT2D eigenvalue weighted by atomic mass is 35.5. The zero-order valence-corrected chi connectivity index (χ0v) is 11.9. The molecule has 0 aliphatic carbocycles. The van der Waals surface area contributed by atoms with Crippen LogP contribution in [0.5, 0.6) is 11.5 Å². The molecule has 1 unspecified atom stereocenters. The molecule has 0 spiro atoms. The summed E-state index contributed by atoms with van der Waals surface area (Å²) in [4.78, 5) is 0. The fraction of sp³-hybridized carbons (Fsp3) is 0.333. The highest BCUT2D eigenvalue weighted by Gasteiger charge is 2.18. The zero-order valence-electron chi connectivity index (χ0n) is 10.3. The number of rotatable bonds is 4. The lowest BCUT2D eigenvalue weighted by Gasteiger charge is -2.09. The van der Waals surface area contributed by atoms with E-state index in [1.54, 1.807) is 14.2 Å². The van der Waals surface area contributed by atoms with Crippen LogP contribution in [0.4, 0.5) is 0 Å². The monoisotopic (exact) mass is 284 g/mol. The zero-order chi connectivity index (χ0) is 13.1. The van der Waals surface area contributed by atoms with Gasteiger partial charge < -0.3 is 9.47 Å². The number of aromatic nitrogens is 2. The van der Waals surface area contributed by atoms with Gasteiger partial charge >= 0.3 is 0 Å². The topological polar surface area (TPSA) is 44.2 Å². The minimum absolute atomic E-state index is 0.156. The van der Waals surface area contributed by atoms with Crippen molar-refractivity contribution >= 4 is 22.9 Å². The van der Waals surface area contributed by atoms with Gasteiger partial charge in [-0.1, -0.05) is 17.4 Å². The van der Waals surface area contributed by atoms with Gasteiger partial charge in [0.15, 0.2) is 5.01 Å². The average molecular weight is 285 g/mol. The van der Waals surface area contributed by atoms with E-state index in [9.17, 15) is 0 Å². The lowest BCUT2D eigenvalue weighted by atomic mass is 10.2. The first kappa shape index (κ1) is 13.1. The summed E-state index contributed by atoms with van der Waals surface area (Å²) in [6, 6.07) is 5.60. The largest absolute Gasteiger partial charge is 0.496 e. The van der Waals surface area contributed by atoms with Crippen molar-refractivity contribution in [2.75, 3.05) is 14.2 Å². The van der Waals surface area contributed by atoms with E-state index in [2.05, 4.69) is 10.2 Å². The summed E-state index contributed by atoms with van der Waals surface area (Å²) in [6.07, 6.45) is 0. The Morgan fingerprint density at radius 1 is 1.17 bits per heavy atom. The van der Waals surface area contributed by atoms with Crippen LogP contribution in [-0.4, -0.2) is 24.4 Å². The molecule has 0 fully saturated rings. The Hall–Kier alpha value is -1.33. The van der Waals surface area contributed by atoms with Crippen LogP contribution in [0.1, 0.15) is 17.3 Å². The van der Waals surface area contributed by atoms with Crippen LogP contribution in [0.25, 0.3) is 10.6 Å². The van der Waals surface area contributed by atoms with Gasteiger partial charge in [0, 0.05) is 0 Å². The molecule has 18 heavy (non-hydrogen) atoms. The Labute approximate surface area is 115 Å². The molecule has 1 aromatic carbocycles. The molecule has 2 aromatic rings. The molecule has 0 aliphatic rings. The molecular formula is C12H13ClN2O2S. The van der Waals surface area contributed by atoms with Crippen LogP contribution in [0.15, 0.2) is 18.2 Å². The molecule has 0 aliphatic heterocycles. The molecule has 2 rings (SSSR count). The molecule has 0 saturated carbocycles. The first-order valence-electron chi connectivity index (χ1n) is 5.36. The smallest absolute Gasteiger partial charge is 0.155 e. The third kappa shape index (κ3) is 2.42. The molecule has 1 aromatic heterocycles. The summed E-state index contributed by atoms with van der Waals surface area (Å²) in [6.45, 7) is 1.87. The number of halogens is 1. The lowest BCUT2D eigenvalue weighted by Crippen LogP contribution is -1.92. The molecule has 1 atom stereocenters. The standard InChI is InChI=1S/C12H13ClN2O2S/c1-7(13)11-14-15-12(18-11)10-8(16-2)5-4-6-9(10)17-3/h4-7H,1-3H3. The second-order valence-corrected chi connectivity index (χ2v) is 5.26. The number of ether oxygens (including phenoxy) is 2. The quantitative estimate of drug-likeness (QED) is 0.806. The van der Waals surface area contributed by atoms with Crippen LogP contribution in [-0.2, 0) is 0 Å². The number of methoxy groups -OCH3 is 2. The van der Waals surface area contributed by atoms with Gasteiger partial charge in [-0.25, -0.2) is 0 Å². The molecule has 0 radical (unpaired) electrons. The Kier molecular flexibility index (Phi) is 4.04. The first-order valence-corrected chi connectivity index (χ1v) is 6.61. The normalized spacial score (nSPS) is 12.2. The fourth-order valence-electron chi connectivity index (χ4n) is 1.56. The molecule has 6 heteroatoms. The van der Waals surface area contributed by atoms with E-state index in [0.717, 1.165) is 15.6 Å². The predicted molar refractivity (Wildman–Crippen MR) is 72.7 cm³/mol. The molecule has 0 amide bonds. The molecule has 0 N–H and O–H groups in total. The van der Waals surface area contributed by atoms with Crippen LogP contribution in [0, 0.1) is 0 Å². The van der Waals surface area contributed by atoms with E-state index < -0.39 is 0 Å². The van der Waals surface area contributed by atoms with Crippen LogP contribution in [0.2, 0.25) is 0 Å². The van der Waals surface area contributed by atoms with Crippen molar-refractivity contribution in [3.63, 3.8) is 0 Å². The Morgan fingerprint density at radius 3 is 2.22 bits per heavy atom. The van der Waals surface area contributed by atoms with Crippen molar-refractivity contribution in [2.45, 2.75) is 12.3 Å². The van der Waals surface area contributed by atoms with Gasteiger partial charge in [-0.05, 0) is 19.1 Å². The molecule has 1 heterocycles. The SMILES string of the molecule is COc1cccc(OC)c1-c1nnc(C(C)Cl)s1. The van der Waals surface area contributed by atoms with Crippen molar-refractivity contribution in [1.82, 2.24) is 10.2 Å². The van der Waals surface area contributed by atoms with E-state index in [1.807, 2.05) is 25.1 Å². The van der Waals surface area contributed by atoms with E-state index in [-0.39, 0.29) is 5.38 Å². The minimum atomic E-state index is -0.156. The van der Waals surface area contributed by atoms with Crippen molar-refractivity contribution in [3.05, 3.63) is 23.2 Å². The fourth-order valence-corrected chi connectivity index (χ4v) is 2.56. The average Bonchev–Trinajstić information content (AvgIpc) is 2.87. The van der Waals surface area contributed by atoms with Crippen molar-refractivity contribution in [3.8, 4) is 22.1 Å². The third-order valence-electron chi connectivity index (χ3n) is 2.42. The summed E-state index contributed by atoms with van der Waals surface area (Å²) in [5.41, 5.74) is 0.809. The number of nitrogens with zero attached hydrogens (tertiary/aromatic N) is 2. The maximum absolute atomic E-state index is 6.00. The van der Waals surface area contributed by atoms with Gasteiger partial charge in [0.25, 0.3) is 0 Å². The van der Waals surface area contributed by atoms with Gasteiger partial charge in [-0.15, -0.1) is 21.8 Å². The second-order valence-electron chi connectivity index (χ2n) is 3.60. The summed E-state index contributed by atoms with van der Waals surface area (Å²) in [7, 11) is 3.23. The van der Waals surface area contributed by atoms with Gasteiger partial charge in [0.05, 0.1) is 25.2 Å². The summed E-state index contributed by atoms with van der Waals surface area (Å²) < 4.78 is 10.7. The minimum Gasteiger partial charge on any atom is -0.496 e. The van der Waals surface area contributed by atoms with Gasteiger partial charge in [0.1, 0.15) is 16.5 Å². The third-order valence-corrected chi connectivity index (χ3v) is 3.88. The Bertz CT molecular complexity index is 520. The molecule has 0 saturated heterocycles. The van der Waals surface area contributed by atoms with E-state index in [1.165, 1.54) is 11.3 Å². The van der Waals surface area contributed by atoms with Crippen molar-refractivity contribution in [1.29, 1.82) is 0 Å². The summed E-state index contributed by atoms with van der Waals surface area (Å²) in [5.74, 6) is 1.42. The maximum Gasteiger partial charge on any atom is 0.155 e. The van der Waals surface area contributed by atoms with Gasteiger partial charge in [-0.2, -0.15) is 0 Å². The van der Waals surface area contributed by atoms with Crippen LogP contribution < -0.4 is 9.47 Å². The molecule has 96 valence electrons. The van der Waals surface area contributed by atoms with E-state index in [4.69, 9.17) is 21.1 Å². The number of alkyl halides is 1. The van der Waals surface area contributed by atoms with E-state index >= 15 is 0 Å². The first-order chi connectivity index (χ1) is 8.67. The summed E-state index contributed by atoms with van der Waals surface area (Å²) in [5, 5.41) is 9.58. The second kappa shape index (κ2) is 5.54. The lowest BCUT2D eigenvalue weighted by molar-refractivity contribution is 0.397. The van der Waals surface area contributed by atoms with Crippen LogP contribution >= 0.6 is 22.9 Å². The molecule has 4 nitrogen and oxygen atoms in total. The summed E-state index contributed by atoms with van der Waals surface area (Å²) >= 11 is 7.44. The van der Waals surface area contributed by atoms with Gasteiger partial charge in [0.2, 0.25) is 0 Å². The van der Waals surface area contributed by atoms with Crippen molar-refractivity contribution in [2.24, 2.45) is 0 Å². The number of hydrogen-bond donors (Lipinski definition) is 0. The number of hydrogen-bond acceptors (Lipinski definition) is 5. The Balaban J connectivity index is 2.54. The van der Waals surface area contributed by atoms with Crippen LogP contribution in [0.3, 0.4) is 0 Å². The molecule has 0 bridgehead atoms. The van der Waals surface area contributed by atoms with E-state index in [0.29, 0.717) is 11.5 Å². The van der Waals surface area contributed by atoms with Crippen molar-refractivity contribution < 1.29 is 9.47 Å². The highest BCUT2D eigenvalue weighted by molar-refractivity contribution is 7.15. The number of benzene rings is 1. The molecular weight excluding hydrogens is 272 g/mol. The predicted octanol–water partition coefficient (Wildman–Crippen LogP) is 3.52.